The molecule has 0 aromatic rings. The lowest BCUT2D eigenvalue weighted by atomic mass is 10.1. The van der Waals surface area contributed by atoms with Crippen molar-refractivity contribution < 1.29 is 19.8 Å². The Morgan fingerprint density at radius 2 is 1.14 bits per heavy atom. The van der Waals surface area contributed by atoms with E-state index >= 15 is 0 Å². The average Bonchev–Trinajstić information content (AvgIpc) is 1.98. The molecule has 0 heterocycles. The molecule has 0 aliphatic rings. The monoisotopic (exact) mass is 234 g/mol. The first-order valence-corrected chi connectivity index (χ1v) is 4.70. The van der Waals surface area contributed by atoms with Gasteiger partial charge in [-0.3, -0.25) is 9.59 Å². The molecule has 14 heavy (non-hydrogen) atoms. The summed E-state index contributed by atoms with van der Waals surface area (Å²) in [5, 5.41) is 16.8. The third-order valence-electron chi connectivity index (χ3n) is 1.38. The van der Waals surface area contributed by atoms with E-state index in [1.165, 1.54) is 0 Å². The number of carboxylic acid groups (broad SMARTS) is 2. The molecule has 2 N–H and O–H groups in total. The quantitative estimate of drug-likeness (QED) is 0.649. The molecule has 0 amide bonds. The van der Waals surface area contributed by atoms with Crippen molar-refractivity contribution in [3.05, 3.63) is 0 Å². The predicted molar refractivity (Wildman–Crippen MR) is 58.9 cm³/mol. The molecule has 0 saturated carbocycles. The standard InChI is InChI=1S/C8H10O4S2/c9-7(10)3-5(13)1-2-6(14)4-8(11)12/h1-4H2,(H,9,10)(H,11,12). The number of hydrogen-bond acceptors (Lipinski definition) is 4. The highest BCUT2D eigenvalue weighted by atomic mass is 32.1. The van der Waals surface area contributed by atoms with E-state index in [-0.39, 0.29) is 12.8 Å². The van der Waals surface area contributed by atoms with Gasteiger partial charge in [0.1, 0.15) is 0 Å². The van der Waals surface area contributed by atoms with Crippen molar-refractivity contribution in [3.63, 3.8) is 0 Å². The first-order valence-electron chi connectivity index (χ1n) is 3.89. The zero-order valence-corrected chi connectivity index (χ0v) is 8.99. The fourth-order valence-corrected chi connectivity index (χ4v) is 1.24. The third kappa shape index (κ3) is 7.75. The van der Waals surface area contributed by atoms with E-state index in [2.05, 4.69) is 0 Å². The van der Waals surface area contributed by atoms with Gasteiger partial charge in [-0.1, -0.05) is 24.4 Å². The molecule has 0 rings (SSSR count). The maximum absolute atomic E-state index is 10.2. The lowest BCUT2D eigenvalue weighted by Crippen LogP contribution is -2.09. The maximum atomic E-state index is 10.2. The fourth-order valence-electron chi connectivity index (χ4n) is 0.793. The summed E-state index contributed by atoms with van der Waals surface area (Å²) in [4.78, 5) is 21.2. The zero-order valence-electron chi connectivity index (χ0n) is 7.36. The molecular formula is C8H10O4S2. The van der Waals surface area contributed by atoms with E-state index < -0.39 is 11.9 Å². The first-order chi connectivity index (χ1) is 6.41. The lowest BCUT2D eigenvalue weighted by Gasteiger charge is -2.00. The Balaban J connectivity index is 3.72. The normalized spacial score (nSPS) is 9.43. The SMILES string of the molecule is O=C(O)CC(=S)CCC(=S)CC(=O)O. The number of hydrogen-bond donors (Lipinski definition) is 2. The topological polar surface area (TPSA) is 74.6 Å². The molecule has 0 aliphatic heterocycles. The number of carboxylic acids is 2. The van der Waals surface area contributed by atoms with Crippen molar-refractivity contribution in [1.29, 1.82) is 0 Å². The highest BCUT2D eigenvalue weighted by Gasteiger charge is 2.07. The summed E-state index contributed by atoms with van der Waals surface area (Å²) in [6.45, 7) is 0. The largest absolute Gasteiger partial charge is 0.481 e. The van der Waals surface area contributed by atoms with Crippen LogP contribution in [0.15, 0.2) is 0 Å². The van der Waals surface area contributed by atoms with Crippen LogP contribution in [-0.4, -0.2) is 31.9 Å². The van der Waals surface area contributed by atoms with Gasteiger partial charge in [0.25, 0.3) is 0 Å². The highest BCUT2D eigenvalue weighted by Crippen LogP contribution is 2.03. The van der Waals surface area contributed by atoms with E-state index in [0.29, 0.717) is 22.6 Å². The second kappa shape index (κ2) is 6.56. The number of rotatable bonds is 7. The average molecular weight is 234 g/mol. The molecule has 0 aromatic carbocycles. The van der Waals surface area contributed by atoms with Crippen molar-refractivity contribution in [2.75, 3.05) is 0 Å². The molecule has 78 valence electrons. The lowest BCUT2D eigenvalue weighted by molar-refractivity contribution is -0.136. The molecule has 0 bridgehead atoms. The summed E-state index contributed by atoms with van der Waals surface area (Å²) >= 11 is 9.55. The Kier molecular flexibility index (Phi) is 6.14. The Hall–Kier alpha value is -0.880. The minimum absolute atomic E-state index is 0.162. The van der Waals surface area contributed by atoms with Crippen LogP contribution in [0.5, 0.6) is 0 Å². The van der Waals surface area contributed by atoms with Gasteiger partial charge in [0.2, 0.25) is 0 Å². The molecule has 0 saturated heterocycles. The maximum Gasteiger partial charge on any atom is 0.308 e. The second-order valence-corrected chi connectivity index (χ2v) is 3.87. The van der Waals surface area contributed by atoms with Crippen molar-refractivity contribution in [2.45, 2.75) is 25.7 Å². The molecule has 4 nitrogen and oxygen atoms in total. The summed E-state index contributed by atoms with van der Waals surface area (Å²) in [6.07, 6.45) is 0.414. The predicted octanol–water partition coefficient (Wildman–Crippen LogP) is 1.46. The van der Waals surface area contributed by atoms with E-state index in [1.54, 1.807) is 0 Å². The van der Waals surface area contributed by atoms with Crippen LogP contribution >= 0.6 is 24.4 Å². The second-order valence-electron chi connectivity index (χ2n) is 2.72. The van der Waals surface area contributed by atoms with Gasteiger partial charge in [-0.05, 0) is 12.8 Å². The molecule has 0 fully saturated rings. The van der Waals surface area contributed by atoms with Crippen LogP contribution < -0.4 is 0 Å². The van der Waals surface area contributed by atoms with Gasteiger partial charge >= 0.3 is 11.9 Å². The molecule has 0 spiro atoms. The summed E-state index contributed by atoms with van der Waals surface area (Å²) in [6, 6.07) is 0. The van der Waals surface area contributed by atoms with Gasteiger partial charge in [0.15, 0.2) is 0 Å². The van der Waals surface area contributed by atoms with Crippen LogP contribution in [0.3, 0.4) is 0 Å². The van der Waals surface area contributed by atoms with Gasteiger partial charge in [-0.15, -0.1) is 0 Å². The fraction of sp³-hybridized carbons (Fsp3) is 0.500. The molecule has 0 aliphatic carbocycles. The minimum Gasteiger partial charge on any atom is -0.481 e. The van der Waals surface area contributed by atoms with Crippen molar-refractivity contribution in [3.8, 4) is 0 Å². The summed E-state index contributed by atoms with van der Waals surface area (Å²) in [5.41, 5.74) is 0. The minimum atomic E-state index is -0.973. The van der Waals surface area contributed by atoms with Gasteiger partial charge in [-0.2, -0.15) is 0 Å². The van der Waals surface area contributed by atoms with Gasteiger partial charge < -0.3 is 10.2 Å². The Morgan fingerprint density at radius 1 is 0.857 bits per heavy atom. The summed E-state index contributed by atoms with van der Waals surface area (Å²) < 4.78 is 0. The van der Waals surface area contributed by atoms with Crippen LogP contribution in [0.25, 0.3) is 0 Å². The third-order valence-corrected chi connectivity index (χ3v) is 2.08. The van der Waals surface area contributed by atoms with Crippen molar-refractivity contribution in [2.24, 2.45) is 0 Å². The van der Waals surface area contributed by atoms with Crippen LogP contribution in [0.2, 0.25) is 0 Å². The number of thiocarbonyl (C=S) groups is 2. The highest BCUT2D eigenvalue weighted by molar-refractivity contribution is 7.81. The summed E-state index contributed by atoms with van der Waals surface area (Å²) in [7, 11) is 0. The zero-order chi connectivity index (χ0) is 11.1. The molecular weight excluding hydrogens is 224 g/mol. The first kappa shape index (κ1) is 13.1. The van der Waals surface area contributed by atoms with E-state index in [9.17, 15) is 9.59 Å². The van der Waals surface area contributed by atoms with Crippen LogP contribution in [-0.2, 0) is 9.59 Å². The van der Waals surface area contributed by atoms with Crippen LogP contribution in [0, 0.1) is 0 Å². The Morgan fingerprint density at radius 3 is 1.36 bits per heavy atom. The Labute approximate surface area is 91.9 Å². The molecule has 0 unspecified atom stereocenters. The van der Waals surface area contributed by atoms with Crippen molar-refractivity contribution in [1.82, 2.24) is 0 Å². The van der Waals surface area contributed by atoms with Gasteiger partial charge in [-0.25, -0.2) is 0 Å². The van der Waals surface area contributed by atoms with Crippen molar-refractivity contribution >= 4 is 46.1 Å². The van der Waals surface area contributed by atoms with Crippen LogP contribution in [0.1, 0.15) is 25.7 Å². The summed E-state index contributed by atoms with van der Waals surface area (Å²) in [5.74, 6) is -1.95. The molecule has 6 heteroatoms. The number of aliphatic carboxylic acids is 2. The Bertz CT molecular complexity index is 245. The molecule has 0 atom stereocenters. The van der Waals surface area contributed by atoms with Crippen LogP contribution in [0.4, 0.5) is 0 Å². The van der Waals surface area contributed by atoms with E-state index in [1.807, 2.05) is 0 Å². The number of carbonyl (C=O) groups is 2. The van der Waals surface area contributed by atoms with Gasteiger partial charge in [0, 0.05) is 9.73 Å². The van der Waals surface area contributed by atoms with E-state index in [4.69, 9.17) is 34.6 Å². The smallest absolute Gasteiger partial charge is 0.308 e. The van der Waals surface area contributed by atoms with E-state index in [0.717, 1.165) is 0 Å². The molecule has 0 aromatic heterocycles. The molecule has 0 radical (unpaired) electrons. The van der Waals surface area contributed by atoms with Gasteiger partial charge in [0.05, 0.1) is 12.8 Å².